The van der Waals surface area contributed by atoms with Crippen LogP contribution in [0.15, 0.2) is 35.7 Å². The Hall–Kier alpha value is -1.73. The summed E-state index contributed by atoms with van der Waals surface area (Å²) in [6, 6.07) is 7.61. The highest BCUT2D eigenvalue weighted by Crippen LogP contribution is 2.11. The third-order valence-corrected chi connectivity index (χ3v) is 3.34. The highest BCUT2D eigenvalue weighted by molar-refractivity contribution is 7.84. The summed E-state index contributed by atoms with van der Waals surface area (Å²) in [7, 11) is -1.21. The Bertz CT molecular complexity index is 583. The monoisotopic (exact) mass is 295 g/mol. The van der Waals surface area contributed by atoms with Crippen LogP contribution in [0.2, 0.25) is 0 Å². The van der Waals surface area contributed by atoms with E-state index in [2.05, 4.69) is 10.1 Å². The standard InChI is InChI=1S/C13H17N3O3S/c1-10-3-5-12(6-4-10)19-8-11(17)7-16-9-14-13(15-16)20(2)18/h3-6,9,11,17H,7-8H2,1-2H3. The topological polar surface area (TPSA) is 77.2 Å². The van der Waals surface area contributed by atoms with Crippen LogP contribution in [0.5, 0.6) is 5.75 Å². The first-order chi connectivity index (χ1) is 9.54. The van der Waals surface area contributed by atoms with Crippen LogP contribution in [0.25, 0.3) is 0 Å². The second-order valence-electron chi connectivity index (χ2n) is 4.48. The van der Waals surface area contributed by atoms with Crippen molar-refractivity contribution in [3.05, 3.63) is 36.2 Å². The maximum atomic E-state index is 11.2. The van der Waals surface area contributed by atoms with E-state index in [9.17, 15) is 9.32 Å². The highest BCUT2D eigenvalue weighted by atomic mass is 32.2. The van der Waals surface area contributed by atoms with Crippen molar-refractivity contribution >= 4 is 10.8 Å². The van der Waals surface area contributed by atoms with Gasteiger partial charge in [-0.3, -0.25) is 4.21 Å². The van der Waals surface area contributed by atoms with Gasteiger partial charge in [-0.2, -0.15) is 0 Å². The Kier molecular flexibility index (Phi) is 4.86. The molecule has 2 atom stereocenters. The molecule has 108 valence electrons. The molecule has 20 heavy (non-hydrogen) atoms. The minimum Gasteiger partial charge on any atom is -0.491 e. The molecule has 1 aromatic heterocycles. The van der Waals surface area contributed by atoms with E-state index in [1.165, 1.54) is 17.3 Å². The smallest absolute Gasteiger partial charge is 0.238 e. The number of hydrogen-bond donors (Lipinski definition) is 1. The van der Waals surface area contributed by atoms with Gasteiger partial charge in [-0.15, -0.1) is 5.10 Å². The first-order valence-corrected chi connectivity index (χ1v) is 7.71. The van der Waals surface area contributed by atoms with Crippen molar-refractivity contribution in [2.45, 2.75) is 24.7 Å². The molecule has 1 aromatic carbocycles. The number of benzene rings is 1. The molecule has 2 rings (SSSR count). The number of nitrogens with zero attached hydrogens (tertiary/aromatic N) is 3. The van der Waals surface area contributed by atoms with Crippen LogP contribution in [0.3, 0.4) is 0 Å². The number of ether oxygens (including phenoxy) is 1. The predicted molar refractivity (Wildman–Crippen MR) is 75.0 cm³/mol. The lowest BCUT2D eigenvalue weighted by Crippen LogP contribution is -2.24. The molecule has 0 spiro atoms. The van der Waals surface area contributed by atoms with Gasteiger partial charge in [0.1, 0.15) is 24.8 Å². The number of rotatable bonds is 6. The lowest BCUT2D eigenvalue weighted by Gasteiger charge is -2.12. The quantitative estimate of drug-likeness (QED) is 0.851. The van der Waals surface area contributed by atoms with Crippen LogP contribution < -0.4 is 4.74 Å². The molecule has 0 aliphatic carbocycles. The number of aliphatic hydroxyl groups excluding tert-OH is 1. The zero-order chi connectivity index (χ0) is 14.5. The van der Waals surface area contributed by atoms with E-state index >= 15 is 0 Å². The van der Waals surface area contributed by atoms with Crippen LogP contribution in [0, 0.1) is 6.92 Å². The third-order valence-electron chi connectivity index (χ3n) is 2.63. The van der Waals surface area contributed by atoms with Gasteiger partial charge >= 0.3 is 0 Å². The SMILES string of the molecule is Cc1ccc(OCC(O)Cn2cnc(S(C)=O)n2)cc1. The fourth-order valence-electron chi connectivity index (χ4n) is 1.59. The zero-order valence-corrected chi connectivity index (χ0v) is 12.2. The number of aromatic nitrogens is 3. The van der Waals surface area contributed by atoms with Crippen molar-refractivity contribution < 1.29 is 14.1 Å². The zero-order valence-electron chi connectivity index (χ0n) is 11.4. The van der Waals surface area contributed by atoms with Crippen molar-refractivity contribution in [2.24, 2.45) is 0 Å². The van der Waals surface area contributed by atoms with Crippen LogP contribution >= 0.6 is 0 Å². The Labute approximate surface area is 119 Å². The average Bonchev–Trinajstić information content (AvgIpc) is 2.87. The average molecular weight is 295 g/mol. The van der Waals surface area contributed by atoms with Gasteiger partial charge in [0.2, 0.25) is 5.16 Å². The molecule has 7 heteroatoms. The normalized spacial score (nSPS) is 13.9. The van der Waals surface area contributed by atoms with Gasteiger partial charge in [0.25, 0.3) is 0 Å². The molecule has 0 bridgehead atoms. The lowest BCUT2D eigenvalue weighted by atomic mass is 10.2. The van der Waals surface area contributed by atoms with Gasteiger partial charge in [0, 0.05) is 6.26 Å². The van der Waals surface area contributed by atoms with Gasteiger partial charge in [0.05, 0.1) is 17.3 Å². The summed E-state index contributed by atoms with van der Waals surface area (Å²) in [5.41, 5.74) is 1.15. The minimum absolute atomic E-state index is 0.160. The molecule has 0 aliphatic rings. The fourth-order valence-corrected chi connectivity index (χ4v) is 2.01. The Morgan fingerprint density at radius 1 is 1.40 bits per heavy atom. The van der Waals surface area contributed by atoms with Crippen molar-refractivity contribution in [1.82, 2.24) is 14.8 Å². The Balaban J connectivity index is 1.84. The summed E-state index contributed by atoms with van der Waals surface area (Å²) in [6.45, 7) is 2.40. The number of aliphatic hydroxyl groups is 1. The molecule has 2 aromatic rings. The molecular weight excluding hydrogens is 278 g/mol. The summed E-state index contributed by atoms with van der Waals surface area (Å²) < 4.78 is 18.1. The Morgan fingerprint density at radius 2 is 2.10 bits per heavy atom. The first-order valence-electron chi connectivity index (χ1n) is 6.15. The van der Waals surface area contributed by atoms with Crippen LogP contribution in [0.4, 0.5) is 0 Å². The summed E-state index contributed by atoms with van der Waals surface area (Å²) in [4.78, 5) is 3.90. The second-order valence-corrected chi connectivity index (χ2v) is 5.75. The van der Waals surface area contributed by atoms with Crippen molar-refractivity contribution in [2.75, 3.05) is 12.9 Å². The van der Waals surface area contributed by atoms with E-state index in [1.807, 2.05) is 31.2 Å². The summed E-state index contributed by atoms with van der Waals surface area (Å²) in [5, 5.41) is 14.1. The second kappa shape index (κ2) is 6.62. The molecule has 0 saturated carbocycles. The first kappa shape index (κ1) is 14.7. The maximum absolute atomic E-state index is 11.2. The molecule has 0 radical (unpaired) electrons. The van der Waals surface area contributed by atoms with E-state index in [0.717, 1.165) is 5.56 Å². The van der Waals surface area contributed by atoms with E-state index in [0.29, 0.717) is 5.75 Å². The summed E-state index contributed by atoms with van der Waals surface area (Å²) in [6.07, 6.45) is 2.25. The third kappa shape index (κ3) is 4.14. The molecule has 2 unspecified atom stereocenters. The number of hydrogen-bond acceptors (Lipinski definition) is 5. The molecule has 1 heterocycles. The Morgan fingerprint density at radius 3 is 2.70 bits per heavy atom. The van der Waals surface area contributed by atoms with Crippen LogP contribution in [0.1, 0.15) is 5.56 Å². The van der Waals surface area contributed by atoms with Crippen molar-refractivity contribution in [1.29, 1.82) is 0 Å². The van der Waals surface area contributed by atoms with Gasteiger partial charge in [-0.25, -0.2) is 9.67 Å². The molecule has 1 N–H and O–H groups in total. The molecular formula is C13H17N3O3S. The lowest BCUT2D eigenvalue weighted by molar-refractivity contribution is 0.0890. The van der Waals surface area contributed by atoms with Gasteiger partial charge in [-0.1, -0.05) is 17.7 Å². The van der Waals surface area contributed by atoms with E-state index < -0.39 is 16.9 Å². The van der Waals surface area contributed by atoms with Crippen LogP contribution in [-0.4, -0.2) is 43.0 Å². The number of aryl methyl sites for hydroxylation is 1. The fraction of sp³-hybridized carbons (Fsp3) is 0.385. The van der Waals surface area contributed by atoms with Crippen LogP contribution in [-0.2, 0) is 17.3 Å². The van der Waals surface area contributed by atoms with E-state index in [1.54, 1.807) is 0 Å². The van der Waals surface area contributed by atoms with E-state index in [-0.39, 0.29) is 18.3 Å². The molecule has 0 saturated heterocycles. The highest BCUT2D eigenvalue weighted by Gasteiger charge is 2.10. The van der Waals surface area contributed by atoms with Crippen molar-refractivity contribution in [3.8, 4) is 5.75 Å². The van der Waals surface area contributed by atoms with Gasteiger partial charge in [-0.05, 0) is 19.1 Å². The predicted octanol–water partition coefficient (Wildman–Crippen LogP) is 0.764. The molecule has 6 nitrogen and oxygen atoms in total. The summed E-state index contributed by atoms with van der Waals surface area (Å²) in [5.74, 6) is 0.712. The molecule has 0 aliphatic heterocycles. The van der Waals surface area contributed by atoms with Gasteiger partial charge < -0.3 is 9.84 Å². The van der Waals surface area contributed by atoms with E-state index in [4.69, 9.17) is 4.74 Å². The van der Waals surface area contributed by atoms with Crippen molar-refractivity contribution in [3.63, 3.8) is 0 Å². The summed E-state index contributed by atoms with van der Waals surface area (Å²) >= 11 is 0. The largest absolute Gasteiger partial charge is 0.491 e. The van der Waals surface area contributed by atoms with Gasteiger partial charge in [0.15, 0.2) is 0 Å². The minimum atomic E-state index is -1.21. The maximum Gasteiger partial charge on any atom is 0.238 e. The molecule has 0 fully saturated rings. The molecule has 0 amide bonds.